The lowest BCUT2D eigenvalue weighted by Crippen LogP contribution is -1.73. The first-order valence-corrected chi connectivity index (χ1v) is 3.43. The molecule has 0 heterocycles. The Balaban J connectivity index is 3.04. The van der Waals surface area contributed by atoms with Crippen molar-refractivity contribution in [3.8, 4) is 0 Å². The number of aliphatic hydroxyl groups excluding tert-OH is 2. The Hall–Kier alpha value is -0.600. The summed E-state index contributed by atoms with van der Waals surface area (Å²) >= 11 is 0. The van der Waals surface area contributed by atoms with Crippen LogP contribution < -0.4 is 0 Å². The van der Waals surface area contributed by atoms with Crippen LogP contribution in [0.1, 0.15) is 12.8 Å². The molecule has 0 saturated carbocycles. The molecule has 2 nitrogen and oxygen atoms in total. The zero-order valence-corrected chi connectivity index (χ0v) is 6.03. The van der Waals surface area contributed by atoms with E-state index in [1.54, 1.807) is 12.2 Å². The summed E-state index contributed by atoms with van der Waals surface area (Å²) in [6.07, 6.45) is 9.12. The largest absolute Gasteiger partial charge is 0.392 e. The molecule has 0 aliphatic carbocycles. The molecule has 0 aliphatic rings. The molecule has 58 valence electrons. The number of hydrogen-bond donors (Lipinski definition) is 2. The smallest absolute Gasteiger partial charge is 0.0612 e. The molecule has 0 unspecified atom stereocenters. The third-order valence-corrected chi connectivity index (χ3v) is 1.04. The van der Waals surface area contributed by atoms with Crippen molar-refractivity contribution in [2.24, 2.45) is 0 Å². The van der Waals surface area contributed by atoms with Gasteiger partial charge in [-0.05, 0) is 12.8 Å². The number of rotatable bonds is 5. The van der Waals surface area contributed by atoms with Crippen molar-refractivity contribution >= 4 is 0 Å². The topological polar surface area (TPSA) is 40.5 Å². The third-order valence-electron chi connectivity index (χ3n) is 1.04. The fraction of sp³-hybridized carbons (Fsp3) is 0.500. The van der Waals surface area contributed by atoms with Crippen LogP contribution in [0.15, 0.2) is 24.3 Å². The van der Waals surface area contributed by atoms with Crippen LogP contribution in [-0.2, 0) is 0 Å². The quantitative estimate of drug-likeness (QED) is 0.441. The van der Waals surface area contributed by atoms with Gasteiger partial charge in [-0.3, -0.25) is 0 Å². The molecule has 0 aromatic heterocycles. The van der Waals surface area contributed by atoms with Crippen molar-refractivity contribution in [1.29, 1.82) is 0 Å². The summed E-state index contributed by atoms with van der Waals surface area (Å²) in [5.41, 5.74) is 0. The SMILES string of the molecule is OCC=CCCC=CCO. The molecule has 0 spiro atoms. The van der Waals surface area contributed by atoms with E-state index in [0.717, 1.165) is 12.8 Å². The van der Waals surface area contributed by atoms with Crippen molar-refractivity contribution in [2.45, 2.75) is 12.8 Å². The molecule has 2 N–H and O–H groups in total. The molecule has 0 saturated heterocycles. The fourth-order valence-electron chi connectivity index (χ4n) is 0.577. The molecule has 0 amide bonds. The van der Waals surface area contributed by atoms with E-state index in [2.05, 4.69) is 0 Å². The minimum Gasteiger partial charge on any atom is -0.392 e. The van der Waals surface area contributed by atoms with Gasteiger partial charge in [0.2, 0.25) is 0 Å². The van der Waals surface area contributed by atoms with Crippen molar-refractivity contribution in [1.82, 2.24) is 0 Å². The van der Waals surface area contributed by atoms with Gasteiger partial charge in [0.25, 0.3) is 0 Å². The predicted octanol–water partition coefficient (Wildman–Crippen LogP) is 0.864. The van der Waals surface area contributed by atoms with Crippen LogP contribution in [0.3, 0.4) is 0 Å². The molecule has 0 fully saturated rings. The van der Waals surface area contributed by atoms with Crippen LogP contribution in [0.2, 0.25) is 0 Å². The Kier molecular flexibility index (Phi) is 7.90. The summed E-state index contributed by atoms with van der Waals surface area (Å²) < 4.78 is 0. The van der Waals surface area contributed by atoms with Crippen molar-refractivity contribution in [3.63, 3.8) is 0 Å². The summed E-state index contributed by atoms with van der Waals surface area (Å²) in [7, 11) is 0. The van der Waals surface area contributed by atoms with E-state index in [1.165, 1.54) is 0 Å². The van der Waals surface area contributed by atoms with E-state index in [-0.39, 0.29) is 13.2 Å². The normalized spacial score (nSPS) is 11.8. The molecular weight excluding hydrogens is 128 g/mol. The number of hydrogen-bond acceptors (Lipinski definition) is 2. The average Bonchev–Trinajstić information content (AvgIpc) is 1.97. The molecule has 2 heteroatoms. The van der Waals surface area contributed by atoms with Crippen LogP contribution in [-0.4, -0.2) is 23.4 Å². The number of unbranched alkanes of at least 4 members (excludes halogenated alkanes) is 1. The van der Waals surface area contributed by atoms with Gasteiger partial charge in [0.1, 0.15) is 0 Å². The second-order valence-corrected chi connectivity index (χ2v) is 1.89. The molecule has 0 aromatic rings. The van der Waals surface area contributed by atoms with Crippen LogP contribution >= 0.6 is 0 Å². The van der Waals surface area contributed by atoms with Gasteiger partial charge in [0.05, 0.1) is 13.2 Å². The maximum Gasteiger partial charge on any atom is 0.0612 e. The predicted molar refractivity (Wildman–Crippen MR) is 41.7 cm³/mol. The van der Waals surface area contributed by atoms with Crippen molar-refractivity contribution < 1.29 is 10.2 Å². The van der Waals surface area contributed by atoms with Gasteiger partial charge in [-0.1, -0.05) is 24.3 Å². The summed E-state index contributed by atoms with van der Waals surface area (Å²) in [5, 5.41) is 16.6. The highest BCUT2D eigenvalue weighted by Gasteiger charge is 1.74. The highest BCUT2D eigenvalue weighted by molar-refractivity contribution is 4.87. The highest BCUT2D eigenvalue weighted by Crippen LogP contribution is 1.91. The van der Waals surface area contributed by atoms with E-state index in [4.69, 9.17) is 10.2 Å². The van der Waals surface area contributed by atoms with Crippen LogP contribution in [0.4, 0.5) is 0 Å². The highest BCUT2D eigenvalue weighted by atomic mass is 16.3. The summed E-state index contributed by atoms with van der Waals surface area (Å²) in [4.78, 5) is 0. The lowest BCUT2D eigenvalue weighted by Gasteiger charge is -1.84. The van der Waals surface area contributed by atoms with Gasteiger partial charge >= 0.3 is 0 Å². The van der Waals surface area contributed by atoms with E-state index in [9.17, 15) is 0 Å². The van der Waals surface area contributed by atoms with Crippen LogP contribution in [0, 0.1) is 0 Å². The lowest BCUT2D eigenvalue weighted by molar-refractivity contribution is 0.341. The zero-order chi connectivity index (χ0) is 7.66. The van der Waals surface area contributed by atoms with Gasteiger partial charge in [-0.25, -0.2) is 0 Å². The standard InChI is InChI=1S/C8H14O2/c9-7-5-3-1-2-4-6-8-10/h3-6,9-10H,1-2,7-8H2. The average molecular weight is 142 g/mol. The fourth-order valence-corrected chi connectivity index (χ4v) is 0.577. The number of allylic oxidation sites excluding steroid dienone is 2. The molecule has 0 rings (SSSR count). The van der Waals surface area contributed by atoms with Crippen molar-refractivity contribution in [2.75, 3.05) is 13.2 Å². The second kappa shape index (κ2) is 8.40. The molecule has 0 atom stereocenters. The minimum atomic E-state index is 0.115. The third kappa shape index (κ3) is 7.40. The van der Waals surface area contributed by atoms with E-state index >= 15 is 0 Å². The Morgan fingerprint density at radius 3 is 1.40 bits per heavy atom. The number of aliphatic hydroxyl groups is 2. The van der Waals surface area contributed by atoms with E-state index in [1.807, 2.05) is 12.2 Å². The maximum atomic E-state index is 8.32. The van der Waals surface area contributed by atoms with E-state index < -0.39 is 0 Å². The molecule has 0 aliphatic heterocycles. The second-order valence-electron chi connectivity index (χ2n) is 1.89. The summed E-state index contributed by atoms with van der Waals surface area (Å²) in [6, 6.07) is 0. The first-order chi connectivity index (χ1) is 4.91. The Bertz CT molecular complexity index is 91.8. The first kappa shape index (κ1) is 9.40. The molecule has 0 bridgehead atoms. The minimum absolute atomic E-state index is 0.115. The Morgan fingerprint density at radius 1 is 0.700 bits per heavy atom. The molecule has 0 aromatic carbocycles. The van der Waals surface area contributed by atoms with Gasteiger partial charge in [-0.2, -0.15) is 0 Å². The van der Waals surface area contributed by atoms with Gasteiger partial charge < -0.3 is 10.2 Å². The lowest BCUT2D eigenvalue weighted by atomic mass is 10.3. The maximum absolute atomic E-state index is 8.32. The van der Waals surface area contributed by atoms with Gasteiger partial charge in [-0.15, -0.1) is 0 Å². The van der Waals surface area contributed by atoms with Crippen LogP contribution in [0.25, 0.3) is 0 Å². The Labute approximate surface area is 61.5 Å². The Morgan fingerprint density at radius 2 is 1.10 bits per heavy atom. The zero-order valence-electron chi connectivity index (χ0n) is 6.03. The van der Waals surface area contributed by atoms with Gasteiger partial charge in [0, 0.05) is 0 Å². The molecule has 0 radical (unpaired) electrons. The van der Waals surface area contributed by atoms with E-state index in [0.29, 0.717) is 0 Å². The summed E-state index contributed by atoms with van der Waals surface area (Å²) in [5.74, 6) is 0. The summed E-state index contributed by atoms with van der Waals surface area (Å²) in [6.45, 7) is 0.230. The van der Waals surface area contributed by atoms with Gasteiger partial charge in [0.15, 0.2) is 0 Å². The van der Waals surface area contributed by atoms with Crippen molar-refractivity contribution in [3.05, 3.63) is 24.3 Å². The first-order valence-electron chi connectivity index (χ1n) is 3.43. The molecular formula is C8H14O2. The van der Waals surface area contributed by atoms with Crippen LogP contribution in [0.5, 0.6) is 0 Å². The molecule has 10 heavy (non-hydrogen) atoms. The monoisotopic (exact) mass is 142 g/mol.